The topological polar surface area (TPSA) is 26.3 Å². The number of allylic oxidation sites excluding steroid dienone is 4. The fourth-order valence-corrected chi connectivity index (χ4v) is 37.1. The highest BCUT2D eigenvalue weighted by atomic mass is 16.5. The molecule has 0 heterocycles. The number of carbonyl (C=O) groups excluding carboxylic acids is 1. The van der Waals surface area contributed by atoms with Gasteiger partial charge in [-0.05, 0) is 430 Å². The molecule has 2 bridgehead atoms. The Bertz CT molecular complexity index is 8760. The van der Waals surface area contributed by atoms with Crippen molar-refractivity contribution in [3.05, 3.63) is 249 Å². The van der Waals surface area contributed by atoms with Gasteiger partial charge in [0.05, 0.1) is 7.11 Å². The molecule has 113 heavy (non-hydrogen) atoms. The minimum absolute atomic E-state index is 0.0979. The number of fused-ring (bicyclic) bond motifs is 6. The van der Waals surface area contributed by atoms with Crippen molar-refractivity contribution in [2.75, 3.05) is 7.11 Å². The van der Waals surface area contributed by atoms with Crippen LogP contribution in [0.15, 0.2) is 127 Å². The van der Waals surface area contributed by atoms with E-state index in [1.807, 2.05) is 32.7 Å². The van der Waals surface area contributed by atoms with Gasteiger partial charge in [-0.25, -0.2) is 0 Å². The zero-order chi connectivity index (χ0) is 71.5. The van der Waals surface area contributed by atoms with Gasteiger partial charge in [-0.3, -0.25) is 4.79 Å². The number of benzene rings is 16. The van der Waals surface area contributed by atoms with E-state index in [4.69, 9.17) is 4.74 Å². The summed E-state index contributed by atoms with van der Waals surface area (Å²) in [5.74, 6) is 4.76. The molecule has 19 aliphatic carbocycles. The molecule has 524 valence electrons. The largest absolute Gasteiger partial charge is 0.469 e. The maximum absolute atomic E-state index is 12.8. The molecule has 21 aromatic rings. The van der Waals surface area contributed by atoms with Crippen LogP contribution in [-0.2, 0) is 63.3 Å². The first-order chi connectivity index (χ1) is 55.8. The molecule has 0 aliphatic heterocycles. The number of methoxy groups -OCH3 is 1. The highest BCUT2D eigenvalue weighted by Gasteiger charge is 2.90. The minimum atomic E-state index is -0.209. The summed E-state index contributed by atoms with van der Waals surface area (Å²) in [6.07, 6.45) is 25.6. The molecule has 6 unspecified atom stereocenters. The molecule has 40 rings (SSSR count). The second kappa shape index (κ2) is 15.6. The smallest absolute Gasteiger partial charge is 0.305 e. The summed E-state index contributed by atoms with van der Waals surface area (Å²) in [6, 6.07) is 46.1. The number of hydrogen-bond acceptors (Lipinski definition) is 2. The quantitative estimate of drug-likeness (QED) is 0.127. The Morgan fingerprint density at radius 2 is 0.938 bits per heavy atom. The Hall–Kier alpha value is -10.9. The summed E-state index contributed by atoms with van der Waals surface area (Å²) in [4.78, 5) is 12.8. The lowest BCUT2D eigenvalue weighted by Gasteiger charge is -2.63. The van der Waals surface area contributed by atoms with E-state index in [1.54, 1.807) is 267 Å². The normalized spacial score (nSPS) is 30.0. The molecule has 0 amide bonds. The summed E-state index contributed by atoms with van der Waals surface area (Å²) in [5.41, 5.74) is 38.4. The summed E-state index contributed by atoms with van der Waals surface area (Å²) in [6.45, 7) is 4.64. The third kappa shape index (κ3) is 4.40. The maximum Gasteiger partial charge on any atom is 0.305 e. The van der Waals surface area contributed by atoms with Gasteiger partial charge in [0.2, 0.25) is 0 Å². The van der Waals surface area contributed by atoms with Crippen molar-refractivity contribution in [2.45, 2.75) is 161 Å². The lowest BCUT2D eigenvalue weighted by atomic mass is 9.39. The fourth-order valence-electron chi connectivity index (χ4n) is 37.1. The number of ether oxygens (including phenoxy) is 1. The van der Waals surface area contributed by atoms with Crippen LogP contribution in [0.4, 0.5) is 0 Å². The molecule has 19 aliphatic rings. The molecule has 2 heteroatoms. The van der Waals surface area contributed by atoms with E-state index in [1.165, 1.54) is 81.2 Å². The Morgan fingerprint density at radius 3 is 1.54 bits per heavy atom. The Labute approximate surface area is 646 Å². The molecular weight excluding hydrogens is 1370 g/mol. The van der Waals surface area contributed by atoms with E-state index in [-0.39, 0.29) is 33.0 Å². The van der Waals surface area contributed by atoms with Crippen molar-refractivity contribution in [1.82, 2.24) is 0 Å². The van der Waals surface area contributed by atoms with Crippen LogP contribution in [0.2, 0.25) is 0 Å². The molecule has 0 N–H and O–H groups in total. The third-order valence-corrected chi connectivity index (χ3v) is 38.6. The molecule has 0 saturated heterocycles. The standard InChI is InChI=1S/C51H26O2.C49H28.C11H14/c1-53-28(52)8-5-9-50(27-6-3-2-4-7-27)49-17-25-15-23-13-21-11-19-10-20-12-22-14-24-16-26(18-49)36-32(24)40-34(22)38-30(20)29(19)37-33(21)39-31(23)35(25)47-45-43(39)41(37)42(38)44(40)46(45)48(36)51(47,49)50;1-2-4-17-16(3-1)28-15-29(17)49-27-14-13-26-24-11-9-22-20-7-5-18-19-6-8-21-23-10-12-25(27)37-35(23)40-33(21)31(19)38-30(18)32(20)39-34(22)36(24)46(48(26,28)49)44-42(39)41(38)43(40)45(44)47(37)49;1-8-7-9(2)11-6-4-3-5-10(8)11/h2-4,6-7,11-14,17-18H,5,8-10,15-16H2,1H3;1-5,7-8,19,26-29H,6,9-15H2;3-6,8-9H,7H2,1-2H3/t;19?,26?,27?,28-,29+,48?,49?;8-,9+/m.0./s1. The molecular formula is C111H68O2. The van der Waals surface area contributed by atoms with Crippen molar-refractivity contribution >= 4 is 207 Å². The predicted molar refractivity (Wildman–Crippen MR) is 461 cm³/mol. The van der Waals surface area contributed by atoms with Crippen molar-refractivity contribution in [3.8, 4) is 0 Å². The van der Waals surface area contributed by atoms with Crippen LogP contribution in [0, 0.1) is 17.3 Å². The van der Waals surface area contributed by atoms with Gasteiger partial charge in [0.25, 0.3) is 0 Å². The monoisotopic (exact) mass is 1430 g/mol. The molecule has 0 aromatic heterocycles. The first-order valence-corrected chi connectivity index (χ1v) is 43.9. The third-order valence-electron chi connectivity index (χ3n) is 38.6. The Morgan fingerprint density at radius 1 is 0.434 bits per heavy atom. The van der Waals surface area contributed by atoms with Crippen LogP contribution in [0.5, 0.6) is 0 Å². The number of hydrogen-bond donors (Lipinski definition) is 0. The summed E-state index contributed by atoms with van der Waals surface area (Å²) >= 11 is 0. The first-order valence-electron chi connectivity index (χ1n) is 43.9. The van der Waals surface area contributed by atoms with Crippen LogP contribution in [0.3, 0.4) is 0 Å². The zero-order valence-corrected chi connectivity index (χ0v) is 63.2. The van der Waals surface area contributed by atoms with Gasteiger partial charge in [-0.2, -0.15) is 0 Å². The van der Waals surface area contributed by atoms with E-state index >= 15 is 0 Å². The van der Waals surface area contributed by atoms with Crippen molar-refractivity contribution in [2.24, 2.45) is 17.3 Å². The van der Waals surface area contributed by atoms with Crippen molar-refractivity contribution in [1.29, 1.82) is 0 Å². The second-order valence-corrected chi connectivity index (χ2v) is 40.7. The van der Waals surface area contributed by atoms with Gasteiger partial charge in [-0.15, -0.1) is 0 Å². The number of aryl methyl sites for hydroxylation is 2. The average Bonchev–Trinajstić information content (AvgIpc) is 1.39. The van der Waals surface area contributed by atoms with Crippen LogP contribution in [-0.4, -0.2) is 13.1 Å². The van der Waals surface area contributed by atoms with Crippen LogP contribution in [0.1, 0.15) is 213 Å². The van der Waals surface area contributed by atoms with Gasteiger partial charge in [0.1, 0.15) is 0 Å². The highest BCUT2D eigenvalue weighted by molar-refractivity contribution is 6.62. The van der Waals surface area contributed by atoms with Crippen molar-refractivity contribution in [3.63, 3.8) is 0 Å². The lowest BCUT2D eigenvalue weighted by Crippen LogP contribution is -2.62. The fraction of sp³-hybridized carbons (Fsp3) is 0.270. The van der Waals surface area contributed by atoms with Gasteiger partial charge in [-0.1, -0.05) is 158 Å². The molecule has 3 fully saturated rings. The molecule has 0 radical (unpaired) electrons. The number of esters is 1. The van der Waals surface area contributed by atoms with Gasteiger partial charge < -0.3 is 4.74 Å². The molecule has 10 atom stereocenters. The van der Waals surface area contributed by atoms with Crippen LogP contribution in [0.25, 0.3) is 201 Å². The summed E-state index contributed by atoms with van der Waals surface area (Å²) in [5, 5.41) is 57.8. The van der Waals surface area contributed by atoms with Crippen LogP contribution < -0.4 is 15.7 Å². The lowest BCUT2D eigenvalue weighted by molar-refractivity contribution is -0.140. The average molecular weight is 1430 g/mol. The van der Waals surface area contributed by atoms with Gasteiger partial charge >= 0.3 is 5.97 Å². The predicted octanol–water partition coefficient (Wildman–Crippen LogP) is 23.6. The number of carbonyl (C=O) groups is 1. The molecule has 2 nitrogen and oxygen atoms in total. The molecule has 21 aromatic carbocycles. The van der Waals surface area contributed by atoms with E-state index in [2.05, 4.69) is 147 Å². The minimum Gasteiger partial charge on any atom is -0.469 e. The van der Waals surface area contributed by atoms with E-state index in [0.717, 1.165) is 49.9 Å². The maximum atomic E-state index is 12.8. The SMILES string of the molecule is C1=c2c3c4c5c6c7c8c9c%10c%11c(c%12ccc%13c%14c%15c(c2c4c7c%15c8c%11c%12%14)C%13C1)CCC=%10C1CCC(C=5CC3)C62[C@@H]3C[C@@H](c4ccccc43)C912.COC(=O)CCCC1(c2ccccc2)C23C=C4Cc5cc6cc7c8c9c(cc%10cc%11c%12c(c%13c%14c%15c(c4c5c4c6c8c(c%154)c4c9c%10c%12c%144)C%1321)C(=C3)C%11)C7.C[C@@H]1C[C@H](C)c2ccccc21. The second-order valence-electron chi connectivity index (χ2n) is 40.7. The first kappa shape index (κ1) is 54.7. The summed E-state index contributed by atoms with van der Waals surface area (Å²) in [7, 11) is 1.54. The van der Waals surface area contributed by atoms with Crippen LogP contribution >= 0.6 is 0 Å². The Balaban J connectivity index is 0.0000000914. The molecule has 3 saturated carbocycles. The Kier molecular flexibility index (Phi) is 7.53. The number of rotatable bonds is 5. The van der Waals surface area contributed by atoms with E-state index in [9.17, 15) is 4.79 Å². The molecule has 3 spiro atoms. The van der Waals surface area contributed by atoms with Gasteiger partial charge in [0.15, 0.2) is 0 Å². The van der Waals surface area contributed by atoms with Gasteiger partial charge in [0, 0.05) is 39.4 Å². The summed E-state index contributed by atoms with van der Waals surface area (Å²) < 4.78 is 5.26. The highest BCUT2D eigenvalue weighted by Crippen LogP contribution is 2.93. The zero-order valence-electron chi connectivity index (χ0n) is 63.2. The van der Waals surface area contributed by atoms with Crippen molar-refractivity contribution < 1.29 is 9.53 Å². The van der Waals surface area contributed by atoms with E-state index < -0.39 is 0 Å². The van der Waals surface area contributed by atoms with E-state index in [0.29, 0.717) is 30.1 Å².